The number of hydrogen-bond acceptors (Lipinski definition) is 4. The van der Waals surface area contributed by atoms with E-state index in [0.717, 1.165) is 68.2 Å². The van der Waals surface area contributed by atoms with Crippen LogP contribution in [0.15, 0.2) is 158 Å². The van der Waals surface area contributed by atoms with Crippen molar-refractivity contribution >= 4 is 38.8 Å². The fraction of sp³-hybridized carbons (Fsp3) is 0.0227. The van der Waals surface area contributed by atoms with Crippen molar-refractivity contribution in [3.8, 4) is 45.3 Å². The van der Waals surface area contributed by atoms with Crippen LogP contribution in [0, 0.1) is 0 Å². The highest BCUT2D eigenvalue weighted by Crippen LogP contribution is 2.35. The third-order valence-electron chi connectivity index (χ3n) is 9.69. The van der Waals surface area contributed by atoms with E-state index in [1.54, 1.807) is 0 Å². The Morgan fingerprint density at radius 1 is 0.500 bits per heavy atom. The number of para-hydroxylation sites is 2. The van der Waals surface area contributed by atoms with Gasteiger partial charge in [0.1, 0.15) is 0 Å². The maximum Gasteiger partial charge on any atom is 0.0893 e. The second kappa shape index (κ2) is 11.4. The molecule has 0 fully saturated rings. The Labute approximate surface area is 288 Å². The van der Waals surface area contributed by atoms with E-state index in [4.69, 9.17) is 9.97 Å². The Kier molecular flexibility index (Phi) is 6.45. The molecule has 236 valence electrons. The highest BCUT2D eigenvalue weighted by atomic mass is 15.0. The van der Waals surface area contributed by atoms with Crippen molar-refractivity contribution in [3.05, 3.63) is 169 Å². The number of nitrogens with one attached hydrogen (secondary N) is 1. The van der Waals surface area contributed by atoms with Crippen molar-refractivity contribution in [2.45, 2.75) is 6.54 Å². The number of pyridine rings is 3. The predicted molar refractivity (Wildman–Crippen MR) is 203 cm³/mol. The van der Waals surface area contributed by atoms with Crippen molar-refractivity contribution in [2.24, 2.45) is 0 Å². The van der Waals surface area contributed by atoms with Gasteiger partial charge in [0.2, 0.25) is 0 Å². The van der Waals surface area contributed by atoms with Gasteiger partial charge < -0.3 is 14.5 Å². The van der Waals surface area contributed by atoms with E-state index in [9.17, 15) is 0 Å². The summed E-state index contributed by atoms with van der Waals surface area (Å²) in [6.07, 6.45) is 8.01. The van der Waals surface area contributed by atoms with Gasteiger partial charge in [-0.05, 0) is 79.0 Å². The van der Waals surface area contributed by atoms with Crippen molar-refractivity contribution in [1.29, 1.82) is 0 Å². The van der Waals surface area contributed by atoms with E-state index in [1.165, 1.54) is 27.5 Å². The molecular weight excluding hydrogens is 613 g/mol. The van der Waals surface area contributed by atoms with Crippen LogP contribution < -0.4 is 5.32 Å². The molecule has 1 aliphatic heterocycles. The van der Waals surface area contributed by atoms with Crippen LogP contribution in [0.25, 0.3) is 84.1 Å². The van der Waals surface area contributed by atoms with E-state index in [0.29, 0.717) is 0 Å². The lowest BCUT2D eigenvalue weighted by Crippen LogP contribution is -2.13. The summed E-state index contributed by atoms with van der Waals surface area (Å²) in [6, 6.07) is 48.8. The summed E-state index contributed by atoms with van der Waals surface area (Å²) in [4.78, 5) is 14.7. The van der Waals surface area contributed by atoms with Gasteiger partial charge in [-0.25, -0.2) is 9.97 Å². The Morgan fingerprint density at radius 3 is 1.80 bits per heavy atom. The highest BCUT2D eigenvalue weighted by molar-refractivity contribution is 6.08. The van der Waals surface area contributed by atoms with Gasteiger partial charge in [0.15, 0.2) is 0 Å². The smallest absolute Gasteiger partial charge is 0.0893 e. The lowest BCUT2D eigenvalue weighted by Gasteiger charge is -2.15. The molecule has 0 amide bonds. The number of hydrogen-bond donors (Lipinski definition) is 1. The SMILES string of the molecule is C1=Cc2c(n(-c3cccc(-c4cccc(-c5cccc(-c6cccc(-n7c8ccccc8c8cnccc87)c6)n5)n4)c3)c3ccccc23)CN1. The topological polar surface area (TPSA) is 60.6 Å². The molecule has 50 heavy (non-hydrogen) atoms. The fourth-order valence-corrected chi connectivity index (χ4v) is 7.45. The van der Waals surface area contributed by atoms with Crippen LogP contribution in [-0.2, 0) is 6.54 Å². The van der Waals surface area contributed by atoms with Crippen LogP contribution in [0.2, 0.25) is 0 Å². The van der Waals surface area contributed by atoms with E-state index < -0.39 is 0 Å². The molecule has 9 aromatic rings. The molecule has 0 saturated heterocycles. The summed E-state index contributed by atoms with van der Waals surface area (Å²) in [6.45, 7) is 0.777. The molecule has 0 bridgehead atoms. The molecule has 1 aliphatic rings. The van der Waals surface area contributed by atoms with Crippen LogP contribution in [0.1, 0.15) is 11.3 Å². The fourth-order valence-electron chi connectivity index (χ4n) is 7.45. The maximum atomic E-state index is 5.14. The molecule has 0 aliphatic carbocycles. The summed E-state index contributed by atoms with van der Waals surface area (Å²) < 4.78 is 4.67. The van der Waals surface area contributed by atoms with Crippen LogP contribution >= 0.6 is 0 Å². The normalized spacial score (nSPS) is 12.4. The molecule has 1 N–H and O–H groups in total. The lowest BCUT2D eigenvalue weighted by atomic mass is 10.1. The zero-order valence-corrected chi connectivity index (χ0v) is 27.0. The van der Waals surface area contributed by atoms with Crippen molar-refractivity contribution in [2.75, 3.05) is 0 Å². The van der Waals surface area contributed by atoms with Gasteiger partial charge in [0.25, 0.3) is 0 Å². The van der Waals surface area contributed by atoms with Gasteiger partial charge in [-0.1, -0.05) is 72.8 Å². The van der Waals surface area contributed by atoms with Crippen molar-refractivity contribution in [1.82, 2.24) is 29.4 Å². The van der Waals surface area contributed by atoms with Gasteiger partial charge >= 0.3 is 0 Å². The number of fused-ring (bicyclic) bond motifs is 6. The van der Waals surface area contributed by atoms with Crippen molar-refractivity contribution in [3.63, 3.8) is 0 Å². The molecule has 5 aromatic heterocycles. The standard InChI is InChI=1S/C44H30N6/c1-3-19-41-33(13-1)35-21-23-46-28-44(35)50(41)32-12-6-10-30(26-32)38-16-8-18-40(48-38)39-17-7-15-37(47-39)29-9-5-11-31(25-29)49-42-20-4-2-14-34(42)36-27-45-24-22-43(36)49/h1-27,46H,28H2. The molecule has 4 aromatic carbocycles. The van der Waals surface area contributed by atoms with Gasteiger partial charge in [-0.15, -0.1) is 0 Å². The molecule has 0 unspecified atom stereocenters. The predicted octanol–water partition coefficient (Wildman–Crippen LogP) is 9.99. The summed E-state index contributed by atoms with van der Waals surface area (Å²) in [7, 11) is 0. The first-order valence-electron chi connectivity index (χ1n) is 16.8. The number of benzene rings is 4. The molecule has 10 rings (SSSR count). The Balaban J connectivity index is 1.02. The largest absolute Gasteiger partial charge is 0.385 e. The Morgan fingerprint density at radius 2 is 1.08 bits per heavy atom. The van der Waals surface area contributed by atoms with Crippen molar-refractivity contribution < 1.29 is 0 Å². The first-order valence-corrected chi connectivity index (χ1v) is 16.8. The van der Waals surface area contributed by atoms with Crippen LogP contribution in [0.4, 0.5) is 0 Å². The van der Waals surface area contributed by atoms with Crippen LogP contribution in [0.3, 0.4) is 0 Å². The summed E-state index contributed by atoms with van der Waals surface area (Å²) in [5.41, 5.74) is 13.8. The Hall–Kier alpha value is -6.79. The molecule has 0 spiro atoms. The van der Waals surface area contributed by atoms with E-state index in [2.05, 4.69) is 153 Å². The minimum absolute atomic E-state index is 0.777. The molecular formula is C44H30N6. The van der Waals surface area contributed by atoms with Crippen LogP contribution in [0.5, 0.6) is 0 Å². The first kappa shape index (κ1) is 28.2. The molecule has 0 atom stereocenters. The molecule has 6 heteroatoms. The lowest BCUT2D eigenvalue weighted by molar-refractivity contribution is 0.803. The van der Waals surface area contributed by atoms with E-state index >= 15 is 0 Å². The monoisotopic (exact) mass is 642 g/mol. The number of rotatable bonds is 5. The third-order valence-corrected chi connectivity index (χ3v) is 9.69. The summed E-state index contributed by atoms with van der Waals surface area (Å²) in [5.74, 6) is 0. The minimum Gasteiger partial charge on any atom is -0.385 e. The zero-order valence-electron chi connectivity index (χ0n) is 27.0. The second-order valence-corrected chi connectivity index (χ2v) is 12.6. The van der Waals surface area contributed by atoms with Crippen LogP contribution in [-0.4, -0.2) is 24.1 Å². The van der Waals surface area contributed by atoms with E-state index in [-0.39, 0.29) is 0 Å². The molecule has 0 radical (unpaired) electrons. The quantitative estimate of drug-likeness (QED) is 0.203. The molecule has 6 nitrogen and oxygen atoms in total. The molecule has 0 saturated carbocycles. The van der Waals surface area contributed by atoms with Gasteiger partial charge in [-0.2, -0.15) is 0 Å². The zero-order chi connectivity index (χ0) is 33.0. The summed E-state index contributed by atoms with van der Waals surface area (Å²) in [5, 5.41) is 6.99. The number of nitrogens with zero attached hydrogens (tertiary/aromatic N) is 5. The minimum atomic E-state index is 0.777. The third kappa shape index (κ3) is 4.54. The maximum absolute atomic E-state index is 5.14. The van der Waals surface area contributed by atoms with Gasteiger partial charge in [0, 0.05) is 56.6 Å². The first-order chi connectivity index (χ1) is 24.8. The summed E-state index contributed by atoms with van der Waals surface area (Å²) >= 11 is 0. The van der Waals surface area contributed by atoms with Gasteiger partial charge in [-0.3, -0.25) is 4.98 Å². The average molecular weight is 643 g/mol. The van der Waals surface area contributed by atoms with Gasteiger partial charge in [0.05, 0.1) is 51.6 Å². The highest BCUT2D eigenvalue weighted by Gasteiger charge is 2.19. The Bertz CT molecular complexity index is 2730. The second-order valence-electron chi connectivity index (χ2n) is 12.6. The van der Waals surface area contributed by atoms with E-state index in [1.807, 2.05) is 30.7 Å². The molecule has 6 heterocycles. The average Bonchev–Trinajstić information content (AvgIpc) is 3.71. The number of aromatic nitrogens is 5.